The van der Waals surface area contributed by atoms with E-state index < -0.39 is 5.91 Å². The molecule has 0 fully saturated rings. The molecule has 0 spiro atoms. The number of anilines is 1. The van der Waals surface area contributed by atoms with Gasteiger partial charge in [0.05, 0.1) is 11.9 Å². The topological polar surface area (TPSA) is 85.8 Å². The molecule has 0 bridgehead atoms. The van der Waals surface area contributed by atoms with Crippen LogP contribution in [0.15, 0.2) is 37.1 Å². The number of primary amides is 1. The largest absolute Gasteiger partial charge is 0.365 e. The van der Waals surface area contributed by atoms with Crippen molar-refractivity contribution in [2.75, 3.05) is 5.32 Å². The van der Waals surface area contributed by atoms with Crippen LogP contribution < -0.4 is 11.1 Å². The normalized spacial score (nSPS) is 12.1. The fraction of sp³-hybridized carbons (Fsp3) is 0.250. The molecule has 0 saturated heterocycles. The van der Waals surface area contributed by atoms with E-state index in [2.05, 4.69) is 15.3 Å². The molecule has 0 aliphatic rings. The van der Waals surface area contributed by atoms with Crippen molar-refractivity contribution in [1.82, 2.24) is 14.5 Å². The van der Waals surface area contributed by atoms with Gasteiger partial charge in [-0.25, -0.2) is 9.97 Å². The molecule has 3 N–H and O–H groups in total. The van der Waals surface area contributed by atoms with Crippen LogP contribution in [0.4, 0.5) is 5.82 Å². The van der Waals surface area contributed by atoms with E-state index in [1.807, 2.05) is 17.7 Å². The second-order valence-corrected chi connectivity index (χ2v) is 4.07. The lowest BCUT2D eigenvalue weighted by molar-refractivity contribution is 0.100. The van der Waals surface area contributed by atoms with Crippen LogP contribution in [0.3, 0.4) is 0 Å². The first-order chi connectivity index (χ1) is 8.66. The maximum atomic E-state index is 11.2. The van der Waals surface area contributed by atoms with E-state index in [4.69, 9.17) is 5.73 Å². The van der Waals surface area contributed by atoms with Crippen LogP contribution in [0.2, 0.25) is 0 Å². The van der Waals surface area contributed by atoms with Crippen LogP contribution in [-0.2, 0) is 6.54 Å². The van der Waals surface area contributed by atoms with Gasteiger partial charge in [0, 0.05) is 31.2 Å². The average molecular weight is 245 g/mol. The Labute approximate surface area is 105 Å². The van der Waals surface area contributed by atoms with Gasteiger partial charge in [-0.3, -0.25) is 4.79 Å². The Morgan fingerprint density at radius 1 is 1.56 bits per heavy atom. The van der Waals surface area contributed by atoms with Crippen LogP contribution >= 0.6 is 0 Å². The summed E-state index contributed by atoms with van der Waals surface area (Å²) >= 11 is 0. The van der Waals surface area contributed by atoms with Gasteiger partial charge in [0.25, 0.3) is 5.91 Å². The monoisotopic (exact) mass is 245 g/mol. The zero-order chi connectivity index (χ0) is 13.0. The zero-order valence-electron chi connectivity index (χ0n) is 10.1. The maximum Gasteiger partial charge on any atom is 0.252 e. The molecule has 2 heterocycles. The molecule has 0 saturated carbocycles. The summed E-state index contributed by atoms with van der Waals surface area (Å²) in [6.45, 7) is 2.73. The summed E-state index contributed by atoms with van der Waals surface area (Å²) in [5.41, 5.74) is 5.69. The highest BCUT2D eigenvalue weighted by Gasteiger charge is 2.11. The van der Waals surface area contributed by atoms with Crippen molar-refractivity contribution in [1.29, 1.82) is 0 Å². The third-order valence-electron chi connectivity index (χ3n) is 2.50. The molecule has 1 atom stereocenters. The van der Waals surface area contributed by atoms with Crippen molar-refractivity contribution >= 4 is 11.7 Å². The van der Waals surface area contributed by atoms with Crippen LogP contribution in [0.1, 0.15) is 17.3 Å². The molecule has 2 rings (SSSR count). The number of nitrogens with one attached hydrogen (secondary N) is 1. The van der Waals surface area contributed by atoms with Gasteiger partial charge >= 0.3 is 0 Å². The molecule has 0 aromatic carbocycles. The molecule has 6 heteroatoms. The van der Waals surface area contributed by atoms with Gasteiger partial charge in [-0.05, 0) is 19.1 Å². The predicted octanol–water partition coefficient (Wildman–Crippen LogP) is 0.878. The van der Waals surface area contributed by atoms with E-state index in [1.165, 1.54) is 0 Å². The Morgan fingerprint density at radius 3 is 3.06 bits per heavy atom. The Hall–Kier alpha value is -2.37. The Balaban J connectivity index is 2.07. The molecule has 2 aromatic heterocycles. The Morgan fingerprint density at radius 2 is 2.39 bits per heavy atom. The number of amides is 1. The summed E-state index contributed by atoms with van der Waals surface area (Å²) in [6, 6.07) is 3.44. The number of carbonyl (C=O) groups is 1. The first-order valence-corrected chi connectivity index (χ1v) is 5.64. The number of aromatic nitrogens is 3. The molecule has 0 radical (unpaired) electrons. The van der Waals surface area contributed by atoms with E-state index in [0.717, 1.165) is 6.54 Å². The number of carbonyl (C=O) groups excluding carboxylic acids is 1. The predicted molar refractivity (Wildman–Crippen MR) is 68.1 cm³/mol. The number of nitrogens with zero attached hydrogens (tertiary/aromatic N) is 3. The number of hydrogen-bond acceptors (Lipinski definition) is 4. The lowest BCUT2D eigenvalue weighted by Crippen LogP contribution is -2.24. The number of pyridine rings is 1. The third-order valence-corrected chi connectivity index (χ3v) is 2.50. The van der Waals surface area contributed by atoms with Gasteiger partial charge in [-0.15, -0.1) is 0 Å². The number of imidazole rings is 1. The molecule has 1 amide bonds. The highest BCUT2D eigenvalue weighted by molar-refractivity contribution is 5.97. The first kappa shape index (κ1) is 12.1. The van der Waals surface area contributed by atoms with E-state index in [0.29, 0.717) is 11.4 Å². The van der Waals surface area contributed by atoms with E-state index >= 15 is 0 Å². The minimum atomic E-state index is -0.486. The Kier molecular flexibility index (Phi) is 3.57. The minimum absolute atomic E-state index is 0.104. The minimum Gasteiger partial charge on any atom is -0.365 e. The molecule has 18 heavy (non-hydrogen) atoms. The standard InChI is InChI=1S/C12H15N5O/c1-9(7-17-6-5-14-8-17)16-12-10(11(13)18)3-2-4-15-12/h2-6,8-9H,7H2,1H3,(H2,13,18)(H,15,16). The number of rotatable bonds is 5. The van der Waals surface area contributed by atoms with Crippen molar-refractivity contribution in [3.8, 4) is 0 Å². The second kappa shape index (κ2) is 5.31. The van der Waals surface area contributed by atoms with Gasteiger partial charge in [0.1, 0.15) is 5.82 Å². The zero-order valence-corrected chi connectivity index (χ0v) is 10.1. The Bertz CT molecular complexity index is 523. The molecule has 94 valence electrons. The highest BCUT2D eigenvalue weighted by atomic mass is 16.1. The highest BCUT2D eigenvalue weighted by Crippen LogP contribution is 2.12. The summed E-state index contributed by atoms with van der Waals surface area (Å²) in [7, 11) is 0. The van der Waals surface area contributed by atoms with Crippen molar-refractivity contribution in [2.45, 2.75) is 19.5 Å². The smallest absolute Gasteiger partial charge is 0.252 e. The summed E-state index contributed by atoms with van der Waals surface area (Å²) < 4.78 is 1.95. The van der Waals surface area contributed by atoms with Crippen molar-refractivity contribution in [3.63, 3.8) is 0 Å². The molecular formula is C12H15N5O. The van der Waals surface area contributed by atoms with Crippen LogP contribution in [0.25, 0.3) is 0 Å². The first-order valence-electron chi connectivity index (χ1n) is 5.64. The SMILES string of the molecule is CC(Cn1ccnc1)Nc1ncccc1C(N)=O. The molecule has 2 aromatic rings. The van der Waals surface area contributed by atoms with E-state index in [9.17, 15) is 4.79 Å². The molecule has 0 aliphatic heterocycles. The number of hydrogen-bond donors (Lipinski definition) is 2. The lowest BCUT2D eigenvalue weighted by Gasteiger charge is -2.16. The van der Waals surface area contributed by atoms with Crippen LogP contribution in [0, 0.1) is 0 Å². The van der Waals surface area contributed by atoms with Gasteiger partial charge in [0.2, 0.25) is 0 Å². The van der Waals surface area contributed by atoms with Crippen molar-refractivity contribution in [2.24, 2.45) is 5.73 Å². The summed E-state index contributed by atoms with van der Waals surface area (Å²) in [4.78, 5) is 19.4. The second-order valence-electron chi connectivity index (χ2n) is 4.07. The fourth-order valence-electron chi connectivity index (χ4n) is 1.71. The van der Waals surface area contributed by atoms with E-state index in [1.54, 1.807) is 30.9 Å². The van der Waals surface area contributed by atoms with Crippen molar-refractivity contribution < 1.29 is 4.79 Å². The van der Waals surface area contributed by atoms with Crippen LogP contribution in [0.5, 0.6) is 0 Å². The fourth-order valence-corrected chi connectivity index (χ4v) is 1.71. The third kappa shape index (κ3) is 2.85. The number of nitrogens with two attached hydrogens (primary N) is 1. The van der Waals surface area contributed by atoms with E-state index in [-0.39, 0.29) is 6.04 Å². The quantitative estimate of drug-likeness (QED) is 0.818. The average Bonchev–Trinajstić information content (AvgIpc) is 2.82. The summed E-state index contributed by atoms with van der Waals surface area (Å²) in [5, 5.41) is 3.17. The molecular weight excluding hydrogens is 230 g/mol. The molecule has 0 aliphatic carbocycles. The maximum absolute atomic E-state index is 11.2. The van der Waals surface area contributed by atoms with Gasteiger partial charge in [0.15, 0.2) is 0 Å². The molecule has 1 unspecified atom stereocenters. The molecule has 6 nitrogen and oxygen atoms in total. The van der Waals surface area contributed by atoms with Crippen LogP contribution in [-0.4, -0.2) is 26.5 Å². The lowest BCUT2D eigenvalue weighted by atomic mass is 10.2. The summed E-state index contributed by atoms with van der Waals surface area (Å²) in [6.07, 6.45) is 6.97. The van der Waals surface area contributed by atoms with Gasteiger partial charge in [-0.2, -0.15) is 0 Å². The van der Waals surface area contributed by atoms with Crippen molar-refractivity contribution in [3.05, 3.63) is 42.6 Å². The van der Waals surface area contributed by atoms with Gasteiger partial charge < -0.3 is 15.6 Å². The summed E-state index contributed by atoms with van der Waals surface area (Å²) in [5.74, 6) is 0.0260. The van der Waals surface area contributed by atoms with Gasteiger partial charge in [-0.1, -0.05) is 0 Å².